The van der Waals surface area contributed by atoms with Crippen LogP contribution in [0.25, 0.3) is 0 Å². The molecule has 0 amide bonds. The van der Waals surface area contributed by atoms with Crippen molar-refractivity contribution in [2.24, 2.45) is 5.92 Å². The number of non-ortho nitro benzene ring substituents is 1. The van der Waals surface area contributed by atoms with Gasteiger partial charge in [0, 0.05) is 28.7 Å². The van der Waals surface area contributed by atoms with Gasteiger partial charge in [0.15, 0.2) is 0 Å². The minimum atomic E-state index is -0.403. The van der Waals surface area contributed by atoms with Gasteiger partial charge in [0.2, 0.25) is 0 Å². The van der Waals surface area contributed by atoms with Crippen molar-refractivity contribution in [1.82, 2.24) is 5.32 Å². The largest absolute Gasteiger partial charge is 0.394 e. The zero-order chi connectivity index (χ0) is 15.5. The molecule has 1 aliphatic carbocycles. The molecule has 21 heavy (non-hydrogen) atoms. The molecule has 5 nitrogen and oxygen atoms in total. The SMILES string of the molecule is CC1CCC(CO)(NCc2ccc([N+](=O)[O-])cc2Br)CC1. The molecule has 0 aliphatic heterocycles. The summed E-state index contributed by atoms with van der Waals surface area (Å²) in [5.41, 5.74) is 0.828. The topological polar surface area (TPSA) is 75.4 Å². The number of benzene rings is 1. The molecule has 116 valence electrons. The standard InChI is InChI=1S/C15H21BrN2O3/c1-11-4-6-15(10-19,7-5-11)17-9-12-2-3-13(18(20)21)8-14(12)16/h2-3,8,11,17,19H,4-7,9-10H2,1H3. The molecule has 0 radical (unpaired) electrons. The summed E-state index contributed by atoms with van der Waals surface area (Å²) < 4.78 is 0.724. The van der Waals surface area contributed by atoms with E-state index < -0.39 is 4.92 Å². The molecular weight excluding hydrogens is 336 g/mol. The average molecular weight is 357 g/mol. The number of aliphatic hydroxyl groups excluding tert-OH is 1. The number of rotatable bonds is 5. The summed E-state index contributed by atoms with van der Waals surface area (Å²) in [5.74, 6) is 0.720. The maximum Gasteiger partial charge on any atom is 0.270 e. The fourth-order valence-corrected chi connectivity index (χ4v) is 3.29. The van der Waals surface area contributed by atoms with E-state index in [4.69, 9.17) is 0 Å². The van der Waals surface area contributed by atoms with E-state index in [1.165, 1.54) is 12.1 Å². The van der Waals surface area contributed by atoms with Crippen molar-refractivity contribution in [2.75, 3.05) is 6.61 Å². The molecule has 1 aliphatic rings. The third-order valence-corrected chi connectivity index (χ3v) is 5.17. The Morgan fingerprint density at radius 2 is 2.14 bits per heavy atom. The third-order valence-electron chi connectivity index (χ3n) is 4.44. The molecule has 0 aromatic heterocycles. The predicted molar refractivity (Wildman–Crippen MR) is 85.1 cm³/mol. The van der Waals surface area contributed by atoms with Gasteiger partial charge in [-0.25, -0.2) is 0 Å². The van der Waals surface area contributed by atoms with E-state index in [2.05, 4.69) is 28.2 Å². The lowest BCUT2D eigenvalue weighted by atomic mass is 9.77. The Morgan fingerprint density at radius 3 is 2.67 bits per heavy atom. The first-order valence-corrected chi connectivity index (χ1v) is 8.04. The minimum Gasteiger partial charge on any atom is -0.394 e. The Morgan fingerprint density at radius 1 is 1.48 bits per heavy atom. The van der Waals surface area contributed by atoms with Gasteiger partial charge in [0.05, 0.1) is 11.5 Å². The van der Waals surface area contributed by atoms with Crippen LogP contribution in [0.2, 0.25) is 0 Å². The monoisotopic (exact) mass is 356 g/mol. The Bertz CT molecular complexity index is 514. The first kappa shape index (κ1) is 16.4. The second-order valence-corrected chi connectivity index (χ2v) is 6.86. The minimum absolute atomic E-state index is 0.0778. The smallest absolute Gasteiger partial charge is 0.270 e. The van der Waals surface area contributed by atoms with Crippen molar-refractivity contribution >= 4 is 21.6 Å². The van der Waals surface area contributed by atoms with Crippen molar-refractivity contribution < 1.29 is 10.0 Å². The van der Waals surface area contributed by atoms with Crippen molar-refractivity contribution in [3.63, 3.8) is 0 Å². The normalized spacial score (nSPS) is 25.8. The molecule has 0 unspecified atom stereocenters. The van der Waals surface area contributed by atoms with Crippen LogP contribution in [0.5, 0.6) is 0 Å². The Hall–Kier alpha value is -0.980. The molecule has 1 saturated carbocycles. The van der Waals surface area contributed by atoms with Crippen LogP contribution in [-0.2, 0) is 6.54 Å². The van der Waals surface area contributed by atoms with Crippen molar-refractivity contribution in [3.05, 3.63) is 38.3 Å². The molecule has 6 heteroatoms. The molecule has 0 saturated heterocycles. The van der Waals surface area contributed by atoms with Crippen LogP contribution in [0.3, 0.4) is 0 Å². The maximum atomic E-state index is 10.7. The van der Waals surface area contributed by atoms with Crippen LogP contribution >= 0.6 is 15.9 Å². The summed E-state index contributed by atoms with van der Waals surface area (Å²) >= 11 is 3.38. The zero-order valence-electron chi connectivity index (χ0n) is 12.1. The molecule has 0 heterocycles. The summed E-state index contributed by atoms with van der Waals surface area (Å²) in [7, 11) is 0. The van der Waals surface area contributed by atoms with E-state index in [9.17, 15) is 15.2 Å². The van der Waals surface area contributed by atoms with Crippen LogP contribution in [0, 0.1) is 16.0 Å². The summed E-state index contributed by atoms with van der Waals surface area (Å²) in [5, 5.41) is 23.9. The molecule has 0 spiro atoms. The first-order chi connectivity index (χ1) is 9.96. The van der Waals surface area contributed by atoms with Gasteiger partial charge in [-0.2, -0.15) is 0 Å². The first-order valence-electron chi connectivity index (χ1n) is 7.24. The van der Waals surface area contributed by atoms with Crippen LogP contribution in [0.4, 0.5) is 5.69 Å². The lowest BCUT2D eigenvalue weighted by molar-refractivity contribution is -0.384. The third kappa shape index (κ3) is 4.02. The Kier molecular flexibility index (Phi) is 5.35. The maximum absolute atomic E-state index is 10.7. The number of nitro groups is 1. The van der Waals surface area contributed by atoms with Gasteiger partial charge in [-0.3, -0.25) is 10.1 Å². The number of halogens is 1. The summed E-state index contributed by atoms with van der Waals surface area (Å²) in [6, 6.07) is 4.79. The van der Waals surface area contributed by atoms with E-state index in [0.717, 1.165) is 41.6 Å². The fourth-order valence-electron chi connectivity index (χ4n) is 2.78. The van der Waals surface area contributed by atoms with E-state index >= 15 is 0 Å². The Balaban J connectivity index is 2.03. The van der Waals surface area contributed by atoms with E-state index in [-0.39, 0.29) is 17.8 Å². The van der Waals surface area contributed by atoms with Crippen LogP contribution in [0.15, 0.2) is 22.7 Å². The van der Waals surface area contributed by atoms with Crippen LogP contribution in [0.1, 0.15) is 38.2 Å². The summed E-state index contributed by atoms with van der Waals surface area (Å²) in [4.78, 5) is 10.3. The summed E-state index contributed by atoms with van der Waals surface area (Å²) in [6.45, 7) is 2.96. The summed E-state index contributed by atoms with van der Waals surface area (Å²) in [6.07, 6.45) is 4.18. The lowest BCUT2D eigenvalue weighted by Crippen LogP contribution is -2.50. The highest BCUT2D eigenvalue weighted by atomic mass is 79.9. The highest BCUT2D eigenvalue weighted by molar-refractivity contribution is 9.10. The fraction of sp³-hybridized carbons (Fsp3) is 0.600. The second-order valence-electron chi connectivity index (χ2n) is 6.01. The van der Waals surface area contributed by atoms with Gasteiger partial charge in [0.1, 0.15) is 0 Å². The van der Waals surface area contributed by atoms with Crippen molar-refractivity contribution in [1.29, 1.82) is 0 Å². The second kappa shape index (κ2) is 6.85. The number of nitrogens with one attached hydrogen (secondary N) is 1. The van der Waals surface area contributed by atoms with Gasteiger partial charge < -0.3 is 10.4 Å². The van der Waals surface area contributed by atoms with Crippen LogP contribution in [-0.4, -0.2) is 22.2 Å². The molecule has 2 N–H and O–H groups in total. The number of nitrogens with zero attached hydrogens (tertiary/aromatic N) is 1. The molecular formula is C15H21BrN2O3. The number of aliphatic hydroxyl groups is 1. The number of hydrogen-bond donors (Lipinski definition) is 2. The van der Waals surface area contributed by atoms with E-state index in [1.54, 1.807) is 6.07 Å². The average Bonchev–Trinajstić information content (AvgIpc) is 2.48. The van der Waals surface area contributed by atoms with E-state index in [0.29, 0.717) is 6.54 Å². The highest BCUT2D eigenvalue weighted by Crippen LogP contribution is 2.32. The molecule has 1 fully saturated rings. The zero-order valence-corrected chi connectivity index (χ0v) is 13.7. The van der Waals surface area contributed by atoms with Crippen LogP contribution < -0.4 is 5.32 Å². The number of nitro benzene ring substituents is 1. The van der Waals surface area contributed by atoms with Gasteiger partial charge >= 0.3 is 0 Å². The van der Waals surface area contributed by atoms with Gasteiger partial charge in [-0.05, 0) is 43.2 Å². The molecule has 2 rings (SSSR count). The lowest BCUT2D eigenvalue weighted by Gasteiger charge is -2.39. The highest BCUT2D eigenvalue weighted by Gasteiger charge is 2.33. The van der Waals surface area contributed by atoms with Gasteiger partial charge in [-0.15, -0.1) is 0 Å². The molecule has 0 atom stereocenters. The molecule has 1 aromatic carbocycles. The van der Waals surface area contributed by atoms with E-state index in [1.807, 2.05) is 0 Å². The molecule has 0 bridgehead atoms. The van der Waals surface area contributed by atoms with Crippen molar-refractivity contribution in [3.8, 4) is 0 Å². The quantitative estimate of drug-likeness (QED) is 0.626. The Labute approximate surface area is 133 Å². The van der Waals surface area contributed by atoms with Gasteiger partial charge in [0.25, 0.3) is 5.69 Å². The van der Waals surface area contributed by atoms with Crippen molar-refractivity contribution in [2.45, 2.75) is 44.7 Å². The predicted octanol–water partition coefficient (Wildman–Crippen LogP) is 3.39. The number of hydrogen-bond acceptors (Lipinski definition) is 4. The van der Waals surface area contributed by atoms with Gasteiger partial charge in [-0.1, -0.05) is 22.9 Å². The molecule has 1 aromatic rings.